The molecular formula is C14H8FN5. The molecule has 3 aromatic heterocycles. The molecule has 0 radical (unpaired) electrons. The van der Waals surface area contributed by atoms with Gasteiger partial charge in [0.05, 0.1) is 5.52 Å². The van der Waals surface area contributed by atoms with Crippen molar-refractivity contribution in [2.24, 2.45) is 0 Å². The first-order chi connectivity index (χ1) is 9.81. The van der Waals surface area contributed by atoms with Gasteiger partial charge < -0.3 is 0 Å². The standard InChI is InChI=1S/C14H8FN5/c15-10-3-4-12-11(6-10)14-18-13(19-20(14)8-17-12)9-2-1-5-16-7-9/h1-8H. The molecule has 0 bridgehead atoms. The predicted octanol–water partition coefficient (Wildman–Crippen LogP) is 2.48. The molecule has 0 N–H and O–H groups in total. The maximum atomic E-state index is 13.4. The fourth-order valence-corrected chi connectivity index (χ4v) is 2.12. The number of hydrogen-bond donors (Lipinski definition) is 0. The second kappa shape index (κ2) is 4.06. The maximum Gasteiger partial charge on any atom is 0.183 e. The summed E-state index contributed by atoms with van der Waals surface area (Å²) < 4.78 is 14.9. The van der Waals surface area contributed by atoms with E-state index in [9.17, 15) is 4.39 Å². The number of benzene rings is 1. The molecule has 0 unspecified atom stereocenters. The summed E-state index contributed by atoms with van der Waals surface area (Å²) in [4.78, 5) is 12.7. The largest absolute Gasteiger partial charge is 0.264 e. The van der Waals surface area contributed by atoms with E-state index >= 15 is 0 Å². The van der Waals surface area contributed by atoms with Crippen LogP contribution in [0.3, 0.4) is 0 Å². The molecule has 0 saturated carbocycles. The molecule has 0 atom stereocenters. The summed E-state index contributed by atoms with van der Waals surface area (Å²) in [6.45, 7) is 0. The van der Waals surface area contributed by atoms with Gasteiger partial charge in [0.2, 0.25) is 0 Å². The fraction of sp³-hybridized carbons (Fsp3) is 0. The minimum absolute atomic E-state index is 0.321. The van der Waals surface area contributed by atoms with Gasteiger partial charge in [0.15, 0.2) is 11.5 Å². The third-order valence-electron chi connectivity index (χ3n) is 3.06. The quantitative estimate of drug-likeness (QED) is 0.530. The summed E-state index contributed by atoms with van der Waals surface area (Å²) in [6.07, 6.45) is 4.94. The zero-order valence-corrected chi connectivity index (χ0v) is 10.2. The van der Waals surface area contributed by atoms with Crippen LogP contribution in [0.5, 0.6) is 0 Å². The van der Waals surface area contributed by atoms with Crippen LogP contribution in [0.25, 0.3) is 27.9 Å². The summed E-state index contributed by atoms with van der Waals surface area (Å²) in [5, 5.41) is 4.98. The van der Waals surface area contributed by atoms with E-state index in [0.29, 0.717) is 22.4 Å². The van der Waals surface area contributed by atoms with E-state index in [1.807, 2.05) is 12.1 Å². The Morgan fingerprint density at radius 1 is 1.15 bits per heavy atom. The molecule has 0 aliphatic rings. The number of hydrogen-bond acceptors (Lipinski definition) is 4. The number of aromatic nitrogens is 5. The Balaban J connectivity index is 2.04. The molecule has 5 nitrogen and oxygen atoms in total. The van der Waals surface area contributed by atoms with Crippen molar-refractivity contribution >= 4 is 16.6 Å². The zero-order chi connectivity index (χ0) is 13.5. The van der Waals surface area contributed by atoms with Crippen LogP contribution in [-0.2, 0) is 0 Å². The molecule has 3 heterocycles. The van der Waals surface area contributed by atoms with E-state index in [-0.39, 0.29) is 5.82 Å². The van der Waals surface area contributed by atoms with Gasteiger partial charge in [-0.2, -0.15) is 0 Å². The van der Waals surface area contributed by atoms with Crippen molar-refractivity contribution in [3.63, 3.8) is 0 Å². The van der Waals surface area contributed by atoms with Gasteiger partial charge in [-0.3, -0.25) is 4.98 Å². The Labute approximate surface area is 112 Å². The maximum absolute atomic E-state index is 13.4. The Bertz CT molecular complexity index is 917. The molecule has 0 amide bonds. The van der Waals surface area contributed by atoms with Crippen molar-refractivity contribution in [3.8, 4) is 11.4 Å². The molecule has 20 heavy (non-hydrogen) atoms. The summed E-state index contributed by atoms with van der Waals surface area (Å²) >= 11 is 0. The van der Waals surface area contributed by atoms with Crippen molar-refractivity contribution in [2.75, 3.05) is 0 Å². The second-order valence-corrected chi connectivity index (χ2v) is 4.35. The molecule has 1 aromatic carbocycles. The Hall–Kier alpha value is -2.89. The van der Waals surface area contributed by atoms with Crippen LogP contribution in [-0.4, -0.2) is 24.6 Å². The highest BCUT2D eigenvalue weighted by molar-refractivity contribution is 5.91. The van der Waals surface area contributed by atoms with Gasteiger partial charge in [0, 0.05) is 23.3 Å². The van der Waals surface area contributed by atoms with Gasteiger partial charge >= 0.3 is 0 Å². The van der Waals surface area contributed by atoms with E-state index in [2.05, 4.69) is 20.1 Å². The van der Waals surface area contributed by atoms with E-state index in [1.54, 1.807) is 29.3 Å². The van der Waals surface area contributed by atoms with Crippen molar-refractivity contribution in [1.82, 2.24) is 24.6 Å². The number of fused-ring (bicyclic) bond motifs is 3. The number of halogens is 1. The van der Waals surface area contributed by atoms with Crippen molar-refractivity contribution in [2.45, 2.75) is 0 Å². The van der Waals surface area contributed by atoms with Gasteiger partial charge in [0.25, 0.3) is 0 Å². The third-order valence-corrected chi connectivity index (χ3v) is 3.06. The lowest BCUT2D eigenvalue weighted by Gasteiger charge is -1.97. The van der Waals surface area contributed by atoms with E-state index in [0.717, 1.165) is 5.56 Å². The Kier molecular flexibility index (Phi) is 2.23. The minimum atomic E-state index is -0.321. The lowest BCUT2D eigenvalue weighted by molar-refractivity contribution is 0.629. The second-order valence-electron chi connectivity index (χ2n) is 4.35. The van der Waals surface area contributed by atoms with Crippen LogP contribution >= 0.6 is 0 Å². The van der Waals surface area contributed by atoms with Crippen LogP contribution in [0.4, 0.5) is 4.39 Å². The van der Waals surface area contributed by atoms with Gasteiger partial charge in [-0.15, -0.1) is 5.10 Å². The van der Waals surface area contributed by atoms with Crippen molar-refractivity contribution < 1.29 is 4.39 Å². The van der Waals surface area contributed by atoms with Crippen LogP contribution in [0.15, 0.2) is 49.1 Å². The van der Waals surface area contributed by atoms with Crippen molar-refractivity contribution in [3.05, 3.63) is 54.9 Å². The number of rotatable bonds is 1. The summed E-state index contributed by atoms with van der Waals surface area (Å²) in [5.41, 5.74) is 2.07. The normalized spacial score (nSPS) is 11.2. The molecule has 6 heteroatoms. The Morgan fingerprint density at radius 3 is 2.95 bits per heavy atom. The Morgan fingerprint density at radius 2 is 2.10 bits per heavy atom. The van der Waals surface area contributed by atoms with Gasteiger partial charge in [0.1, 0.15) is 12.1 Å². The first kappa shape index (κ1) is 11.0. The predicted molar refractivity (Wildman–Crippen MR) is 71.5 cm³/mol. The average Bonchev–Trinajstić information content (AvgIpc) is 2.93. The molecule has 4 aromatic rings. The molecule has 0 saturated heterocycles. The van der Waals surface area contributed by atoms with Gasteiger partial charge in [-0.25, -0.2) is 18.9 Å². The highest BCUT2D eigenvalue weighted by Crippen LogP contribution is 2.21. The minimum Gasteiger partial charge on any atom is -0.264 e. The zero-order valence-electron chi connectivity index (χ0n) is 10.2. The topological polar surface area (TPSA) is 56.0 Å². The van der Waals surface area contributed by atoms with E-state index < -0.39 is 0 Å². The molecule has 0 aliphatic carbocycles. The van der Waals surface area contributed by atoms with Crippen molar-refractivity contribution in [1.29, 1.82) is 0 Å². The molecule has 0 aliphatic heterocycles. The highest BCUT2D eigenvalue weighted by atomic mass is 19.1. The van der Waals surface area contributed by atoms with Crippen LogP contribution in [0.2, 0.25) is 0 Å². The summed E-state index contributed by atoms with van der Waals surface area (Å²) in [6, 6.07) is 8.11. The molecule has 0 fully saturated rings. The molecule has 0 spiro atoms. The number of pyridine rings is 1. The monoisotopic (exact) mass is 265 g/mol. The SMILES string of the molecule is Fc1ccc2ncn3nc(-c4cccnc4)nc3c2c1. The van der Waals surface area contributed by atoms with E-state index in [4.69, 9.17) is 0 Å². The first-order valence-electron chi connectivity index (χ1n) is 6.02. The van der Waals surface area contributed by atoms with Gasteiger partial charge in [-0.1, -0.05) is 0 Å². The van der Waals surface area contributed by atoms with Crippen LogP contribution in [0.1, 0.15) is 0 Å². The van der Waals surface area contributed by atoms with Gasteiger partial charge in [-0.05, 0) is 30.3 Å². The lowest BCUT2D eigenvalue weighted by Crippen LogP contribution is -1.91. The average molecular weight is 265 g/mol. The summed E-state index contributed by atoms with van der Waals surface area (Å²) in [7, 11) is 0. The smallest absolute Gasteiger partial charge is 0.183 e. The summed E-state index contributed by atoms with van der Waals surface area (Å²) in [5.74, 6) is 0.218. The molecule has 96 valence electrons. The van der Waals surface area contributed by atoms with Crippen LogP contribution in [0, 0.1) is 5.82 Å². The molecule has 4 rings (SSSR count). The number of nitrogens with zero attached hydrogens (tertiary/aromatic N) is 5. The fourth-order valence-electron chi connectivity index (χ4n) is 2.12. The molecular weight excluding hydrogens is 257 g/mol. The van der Waals surface area contributed by atoms with E-state index in [1.165, 1.54) is 12.1 Å². The lowest BCUT2D eigenvalue weighted by atomic mass is 10.2. The third kappa shape index (κ3) is 1.62. The van der Waals surface area contributed by atoms with Crippen LogP contribution < -0.4 is 0 Å². The highest BCUT2D eigenvalue weighted by Gasteiger charge is 2.10. The first-order valence-corrected chi connectivity index (χ1v) is 6.02.